The number of carbonyl (C=O) groups is 10. The van der Waals surface area contributed by atoms with Crippen LogP contribution in [0.3, 0.4) is 0 Å². The predicted octanol–water partition coefficient (Wildman–Crippen LogP) is 2.31. The zero-order chi connectivity index (χ0) is 58.9. The maximum atomic E-state index is 12.7. The minimum absolute atomic E-state index is 0.0261. The average Bonchev–Trinajstić information content (AvgIpc) is 3.39. The van der Waals surface area contributed by atoms with E-state index in [1.165, 1.54) is 32.6 Å². The van der Waals surface area contributed by atoms with Crippen LogP contribution in [0.5, 0.6) is 0 Å². The Morgan fingerprint density at radius 1 is 0.456 bits per heavy atom. The monoisotopic (exact) mass is 1360 g/mol. The largest absolute Gasteiger partial charge is 0.481 e. The van der Waals surface area contributed by atoms with Crippen LogP contribution in [-0.2, 0) is 66.9 Å². The SMILES string of the molecule is CI=IN[C@@H](CCCCNC(=O)COCCOCCNC(=O)COCCOCCNC(=O)CC[C@H](NC(=O)CC[C@H](NC(=O)CCCCCCCCCCCCCCCCC(=O)O)C(=O)O)C(=O)O)C(=O)N[C@H](C(N)=O)[C@@H](C)O. The highest BCUT2D eigenvalue weighted by molar-refractivity contribution is 14.8. The molecule has 0 saturated carbocycles. The zero-order valence-corrected chi connectivity index (χ0v) is 50.6. The van der Waals surface area contributed by atoms with Crippen molar-refractivity contribution in [3.05, 3.63) is 0 Å². The van der Waals surface area contributed by atoms with Gasteiger partial charge in [0.1, 0.15) is 31.3 Å². The van der Waals surface area contributed by atoms with E-state index in [-0.39, 0.29) is 150 Å². The van der Waals surface area contributed by atoms with Crippen LogP contribution in [-0.4, -0.2) is 187 Å². The normalized spacial score (nSPS) is 13.3. The lowest BCUT2D eigenvalue weighted by Crippen LogP contribution is -2.54. The summed E-state index contributed by atoms with van der Waals surface area (Å²) in [4.78, 5) is 122. The first-order valence-corrected chi connectivity index (χ1v) is 36.9. The second-order valence-corrected chi connectivity index (χ2v) is 28.8. The molecule has 0 aliphatic rings. The Balaban J connectivity index is 3.99. The molecule has 0 rings (SSSR count). The van der Waals surface area contributed by atoms with Crippen LogP contribution in [0.2, 0.25) is 0 Å². The molecule has 0 saturated heterocycles. The Labute approximate surface area is 480 Å². The lowest BCUT2D eigenvalue weighted by Gasteiger charge is -2.22. The number of hydrogen-bond donors (Lipinski definition) is 12. The molecule has 458 valence electrons. The summed E-state index contributed by atoms with van der Waals surface area (Å²) in [6.07, 6.45) is 14.4. The highest BCUT2D eigenvalue weighted by Crippen LogP contribution is 2.15. The third-order valence-corrected chi connectivity index (χ3v) is 17.6. The summed E-state index contributed by atoms with van der Waals surface area (Å²) >= 11 is -0.344. The van der Waals surface area contributed by atoms with E-state index in [2.05, 4.69) is 40.4 Å². The number of primary amides is 1. The predicted molar refractivity (Wildman–Crippen MR) is 309 cm³/mol. The number of halogens is 2. The molecule has 0 aliphatic heterocycles. The molecule has 0 unspecified atom stereocenters. The Hall–Kier alpha value is -4.08. The maximum absolute atomic E-state index is 12.7. The summed E-state index contributed by atoms with van der Waals surface area (Å²) in [5, 5.41) is 52.9. The molecule has 28 heteroatoms. The number of aliphatic carboxylic acids is 3. The van der Waals surface area contributed by atoms with Gasteiger partial charge in [-0.05, 0) is 56.8 Å². The number of nitrogens with one attached hydrogen (secondary N) is 7. The van der Waals surface area contributed by atoms with E-state index >= 15 is 0 Å². The molecule has 79 heavy (non-hydrogen) atoms. The molecule has 5 atom stereocenters. The summed E-state index contributed by atoms with van der Waals surface area (Å²) in [5.41, 5.74) is 5.29. The third kappa shape index (κ3) is 46.3. The van der Waals surface area contributed by atoms with Crippen molar-refractivity contribution in [1.29, 1.82) is 0 Å². The Morgan fingerprint density at radius 3 is 1.32 bits per heavy atom. The summed E-state index contributed by atoms with van der Waals surface area (Å²) in [5.74, 6) is -6.98. The van der Waals surface area contributed by atoms with E-state index in [4.69, 9.17) is 29.8 Å². The van der Waals surface area contributed by atoms with Crippen LogP contribution in [0.4, 0.5) is 0 Å². The summed E-state index contributed by atoms with van der Waals surface area (Å²) in [6, 6.07) is -4.43. The summed E-state index contributed by atoms with van der Waals surface area (Å²) in [7, 11) is 0. The van der Waals surface area contributed by atoms with Crippen molar-refractivity contribution in [1.82, 2.24) is 35.4 Å². The fourth-order valence-electron chi connectivity index (χ4n) is 7.48. The molecule has 0 aromatic carbocycles. The number of carbonyl (C=O) groups excluding carboxylic acids is 7. The summed E-state index contributed by atoms with van der Waals surface area (Å²) < 4.78 is 24.7. The van der Waals surface area contributed by atoms with Gasteiger partial charge in [0.05, 0.1) is 51.8 Å². The molecular weight excluding hydrogens is 1270 g/mol. The van der Waals surface area contributed by atoms with Crippen LogP contribution < -0.4 is 41.2 Å². The van der Waals surface area contributed by atoms with Gasteiger partial charge in [-0.3, -0.25) is 38.4 Å². The zero-order valence-electron chi connectivity index (χ0n) is 46.3. The molecule has 0 radical (unpaired) electrons. The maximum Gasteiger partial charge on any atom is 0.326 e. The summed E-state index contributed by atoms with van der Waals surface area (Å²) in [6.45, 7) is 2.56. The van der Waals surface area contributed by atoms with Crippen molar-refractivity contribution < 1.29 is 87.3 Å². The number of hydrogen-bond acceptors (Lipinski definition) is 16. The van der Waals surface area contributed by atoms with Crippen molar-refractivity contribution in [2.45, 2.75) is 185 Å². The molecule has 7 amide bonds. The molecule has 0 heterocycles. The number of carboxylic acid groups (broad SMARTS) is 3. The van der Waals surface area contributed by atoms with Gasteiger partial charge in [0.15, 0.2) is 0 Å². The molecule has 0 spiro atoms. The number of aliphatic hydroxyl groups is 1. The molecular formula is C51H92I2N8O18. The van der Waals surface area contributed by atoms with Crippen molar-refractivity contribution in [3.63, 3.8) is 0 Å². The van der Waals surface area contributed by atoms with Crippen molar-refractivity contribution >= 4 is 92.7 Å². The number of aliphatic hydroxyl groups excluding tert-OH is 1. The van der Waals surface area contributed by atoms with Crippen LogP contribution in [0, 0.1) is 0 Å². The molecule has 0 aromatic rings. The van der Waals surface area contributed by atoms with Gasteiger partial charge in [0, 0.05) is 62.2 Å². The Morgan fingerprint density at radius 2 is 0.873 bits per heavy atom. The molecule has 0 aromatic heterocycles. The van der Waals surface area contributed by atoms with Crippen molar-refractivity contribution in [3.8, 4) is 0 Å². The van der Waals surface area contributed by atoms with Gasteiger partial charge in [-0.15, -0.1) is 0 Å². The van der Waals surface area contributed by atoms with E-state index in [9.17, 15) is 63.3 Å². The standard InChI is InChI=1S/C51H92I2N8O18/c1-37(62)47(48(54)70)60-49(71)38(61-53-52-2)19-17-18-26-55-44(66)35-78-33-32-77-30-28-57-45(67)36-79-34-31-76-29-27-56-41(63)24-22-39(50(72)73)59-43(65)25-23-40(51(74)75)58-42(64)20-15-13-11-9-7-5-3-4-6-8-10-12-14-16-21-46(68)69/h37-40,47,61-62H,3-36H2,1-2H3,(H2,54,70)(H,55,66)(H,56,63)(H,57,67)(H,58,64)(H,59,65)(H,60,71)(H,68,69)(H,72,73)(H,74,75)/t37-,38+,39+,40+,47+/m1/s1. The van der Waals surface area contributed by atoms with Crippen molar-refractivity contribution in [2.24, 2.45) is 5.73 Å². The number of carboxylic acids is 3. The van der Waals surface area contributed by atoms with E-state index in [0.717, 1.165) is 57.8 Å². The van der Waals surface area contributed by atoms with E-state index in [1.807, 2.05) is 0 Å². The highest BCUT2D eigenvalue weighted by atomic mass is 128. The van der Waals surface area contributed by atoms with Crippen LogP contribution in [0.25, 0.3) is 0 Å². The van der Waals surface area contributed by atoms with Crippen LogP contribution >= 0.6 is 33.5 Å². The number of amides is 7. The molecule has 26 nitrogen and oxygen atoms in total. The first-order chi connectivity index (χ1) is 37.9. The number of rotatable bonds is 54. The minimum Gasteiger partial charge on any atom is -0.481 e. The average molecular weight is 1360 g/mol. The first-order valence-electron chi connectivity index (χ1n) is 27.4. The number of alkyl halides is 1. The van der Waals surface area contributed by atoms with Crippen LogP contribution in [0.1, 0.15) is 155 Å². The second kappa shape index (κ2) is 50.8. The quantitative estimate of drug-likeness (QED) is 0.0180. The van der Waals surface area contributed by atoms with E-state index in [0.29, 0.717) is 32.2 Å². The van der Waals surface area contributed by atoms with Gasteiger partial charge in [0.25, 0.3) is 0 Å². The minimum atomic E-state index is -1.40. The number of ether oxygens (including phenoxy) is 4. The topological polar surface area (TPSA) is 399 Å². The molecule has 0 bridgehead atoms. The third-order valence-electron chi connectivity index (χ3n) is 11.9. The Kier molecular flexibility index (Phi) is 48.2. The van der Waals surface area contributed by atoms with Crippen molar-refractivity contribution in [2.75, 3.05) is 77.4 Å². The number of unbranched alkanes of at least 4 members (excludes halogenated alkanes) is 14. The fraction of sp³-hybridized carbons (Fsp3) is 0.804. The van der Waals surface area contributed by atoms with Crippen LogP contribution in [0.15, 0.2) is 0 Å². The highest BCUT2D eigenvalue weighted by Gasteiger charge is 2.27. The van der Waals surface area contributed by atoms with E-state index in [1.54, 1.807) is 0 Å². The second-order valence-electron chi connectivity index (χ2n) is 18.7. The van der Waals surface area contributed by atoms with Gasteiger partial charge in [0.2, 0.25) is 41.4 Å². The molecule has 0 fully saturated rings. The molecule has 0 aliphatic carbocycles. The smallest absolute Gasteiger partial charge is 0.326 e. The Bertz CT molecular complexity index is 1800. The lowest BCUT2D eigenvalue weighted by atomic mass is 10.0. The van der Waals surface area contributed by atoms with Gasteiger partial charge in [-0.25, -0.2) is 13.1 Å². The van der Waals surface area contributed by atoms with Gasteiger partial charge in [-0.2, -0.15) is 0 Å². The van der Waals surface area contributed by atoms with Gasteiger partial charge < -0.3 is 77.0 Å². The lowest BCUT2D eigenvalue weighted by molar-refractivity contribution is -0.143. The number of nitrogens with two attached hydrogens (primary N) is 1. The van der Waals surface area contributed by atoms with E-state index < -0.39 is 77.7 Å². The van der Waals surface area contributed by atoms with Gasteiger partial charge >= 0.3 is 17.9 Å². The molecule has 13 N–H and O–H groups in total. The first kappa shape index (κ1) is 74.9. The fourth-order valence-corrected chi connectivity index (χ4v) is 12.1. The van der Waals surface area contributed by atoms with Gasteiger partial charge in [-0.1, -0.05) is 93.6 Å².